The summed E-state index contributed by atoms with van der Waals surface area (Å²) in [5.41, 5.74) is 0. The molecule has 0 bridgehead atoms. The van der Waals surface area contributed by atoms with E-state index in [-0.39, 0.29) is 18.7 Å². The van der Waals surface area contributed by atoms with E-state index in [0.717, 1.165) is 12.8 Å². The average Bonchev–Trinajstić information content (AvgIpc) is 3.15. The van der Waals surface area contributed by atoms with Gasteiger partial charge in [0.2, 0.25) is 11.8 Å². The first-order valence-electron chi connectivity index (χ1n) is 6.56. The van der Waals surface area contributed by atoms with Gasteiger partial charge in [-0.05, 0) is 25.2 Å². The maximum atomic E-state index is 12.0. The molecule has 1 heterocycles. The van der Waals surface area contributed by atoms with Crippen LogP contribution in [-0.2, 0) is 14.4 Å². The molecule has 110 valence electrons. The third-order valence-electron chi connectivity index (χ3n) is 3.33. The summed E-state index contributed by atoms with van der Waals surface area (Å²) in [6.07, 6.45) is 2.38. The van der Waals surface area contributed by atoms with Gasteiger partial charge in [0.15, 0.2) is 0 Å². The fourth-order valence-electron chi connectivity index (χ4n) is 2.07. The molecule has 2 aliphatic rings. The van der Waals surface area contributed by atoms with Crippen molar-refractivity contribution in [3.05, 3.63) is 0 Å². The highest BCUT2D eigenvalue weighted by molar-refractivity contribution is 6.01. The molecule has 1 atom stereocenters. The molecule has 2 rings (SSSR count). The van der Waals surface area contributed by atoms with E-state index in [2.05, 4.69) is 10.6 Å². The summed E-state index contributed by atoms with van der Waals surface area (Å²) in [5.74, 6) is -1.65. The third-order valence-corrected chi connectivity index (χ3v) is 3.33. The average molecular weight is 283 g/mol. The number of carbonyl (C=O) groups excluding carboxylic acids is 3. The van der Waals surface area contributed by atoms with Gasteiger partial charge in [0.1, 0.15) is 12.6 Å². The minimum Gasteiger partial charge on any atom is -0.480 e. The number of urea groups is 1. The first-order valence-corrected chi connectivity index (χ1v) is 6.56. The van der Waals surface area contributed by atoms with Crippen molar-refractivity contribution in [2.75, 3.05) is 13.1 Å². The summed E-state index contributed by atoms with van der Waals surface area (Å²) in [7, 11) is 0. The second-order valence-electron chi connectivity index (χ2n) is 5.17. The van der Waals surface area contributed by atoms with Gasteiger partial charge >= 0.3 is 12.0 Å². The van der Waals surface area contributed by atoms with Gasteiger partial charge in [-0.3, -0.25) is 19.7 Å². The summed E-state index contributed by atoms with van der Waals surface area (Å²) in [5, 5.41) is 13.4. The molecule has 0 aromatic carbocycles. The second kappa shape index (κ2) is 5.89. The van der Waals surface area contributed by atoms with Crippen molar-refractivity contribution in [3.8, 4) is 0 Å². The molecule has 0 aromatic rings. The molecule has 2 fully saturated rings. The number of imide groups is 1. The largest absolute Gasteiger partial charge is 0.480 e. The van der Waals surface area contributed by atoms with Crippen LogP contribution in [0.1, 0.15) is 25.7 Å². The Balaban J connectivity index is 1.91. The van der Waals surface area contributed by atoms with Gasteiger partial charge in [-0.2, -0.15) is 0 Å². The molecular formula is C12H17N3O5. The lowest BCUT2D eigenvalue weighted by atomic mass is 10.1. The molecule has 1 aliphatic carbocycles. The van der Waals surface area contributed by atoms with E-state index < -0.39 is 30.5 Å². The van der Waals surface area contributed by atoms with E-state index in [4.69, 9.17) is 5.11 Å². The number of hydrogen-bond donors (Lipinski definition) is 3. The van der Waals surface area contributed by atoms with Crippen molar-refractivity contribution in [2.24, 2.45) is 5.92 Å². The fourth-order valence-corrected chi connectivity index (χ4v) is 2.07. The Hall–Kier alpha value is -2.12. The van der Waals surface area contributed by atoms with Crippen LogP contribution in [0.25, 0.3) is 0 Å². The number of aliphatic carboxylic acids is 1. The summed E-state index contributed by atoms with van der Waals surface area (Å²) >= 11 is 0. The van der Waals surface area contributed by atoms with Crippen LogP contribution in [-0.4, -0.2) is 53.0 Å². The smallest absolute Gasteiger partial charge is 0.323 e. The first kappa shape index (κ1) is 14.3. The molecule has 3 N–H and O–H groups in total. The van der Waals surface area contributed by atoms with Gasteiger partial charge in [-0.1, -0.05) is 0 Å². The van der Waals surface area contributed by atoms with Crippen molar-refractivity contribution < 1.29 is 24.3 Å². The van der Waals surface area contributed by atoms with Crippen LogP contribution >= 0.6 is 0 Å². The van der Waals surface area contributed by atoms with Crippen LogP contribution in [0.15, 0.2) is 0 Å². The lowest BCUT2D eigenvalue weighted by Crippen LogP contribution is -2.55. The van der Waals surface area contributed by atoms with Gasteiger partial charge in [-0.15, -0.1) is 0 Å². The number of hydrogen-bond acceptors (Lipinski definition) is 4. The minimum atomic E-state index is -1.09. The number of rotatable bonds is 5. The van der Waals surface area contributed by atoms with E-state index in [1.165, 1.54) is 4.90 Å². The SMILES string of the molecule is O=C(O)CN(CC1CC1)C(=O)NC1CCC(=O)NC1=O. The van der Waals surface area contributed by atoms with E-state index in [1.54, 1.807) is 0 Å². The van der Waals surface area contributed by atoms with Gasteiger partial charge in [0.05, 0.1) is 0 Å². The van der Waals surface area contributed by atoms with E-state index in [9.17, 15) is 19.2 Å². The van der Waals surface area contributed by atoms with Crippen LogP contribution < -0.4 is 10.6 Å². The van der Waals surface area contributed by atoms with E-state index >= 15 is 0 Å². The monoisotopic (exact) mass is 283 g/mol. The van der Waals surface area contributed by atoms with Gasteiger partial charge in [0.25, 0.3) is 0 Å². The summed E-state index contributed by atoms with van der Waals surface area (Å²) in [4.78, 5) is 46.5. The Bertz CT molecular complexity index is 446. The van der Waals surface area contributed by atoms with Crippen LogP contribution in [0.2, 0.25) is 0 Å². The molecule has 1 saturated heterocycles. The number of carboxylic acids is 1. The molecule has 1 unspecified atom stereocenters. The highest BCUT2D eigenvalue weighted by atomic mass is 16.4. The molecule has 4 amide bonds. The number of nitrogens with zero attached hydrogens (tertiary/aromatic N) is 1. The minimum absolute atomic E-state index is 0.165. The molecular weight excluding hydrogens is 266 g/mol. The van der Waals surface area contributed by atoms with Crippen molar-refractivity contribution in [1.82, 2.24) is 15.5 Å². The molecule has 0 spiro atoms. The molecule has 1 saturated carbocycles. The zero-order valence-electron chi connectivity index (χ0n) is 10.9. The molecule has 1 aliphatic heterocycles. The van der Waals surface area contributed by atoms with Crippen LogP contribution in [0.5, 0.6) is 0 Å². The topological polar surface area (TPSA) is 116 Å². The zero-order valence-corrected chi connectivity index (χ0v) is 10.9. The molecule has 20 heavy (non-hydrogen) atoms. The van der Waals surface area contributed by atoms with Gasteiger partial charge < -0.3 is 15.3 Å². The predicted molar refractivity (Wildman–Crippen MR) is 66.6 cm³/mol. The zero-order chi connectivity index (χ0) is 14.7. The Kier molecular flexibility index (Phi) is 4.21. The highest BCUT2D eigenvalue weighted by Gasteiger charge is 2.32. The summed E-state index contributed by atoms with van der Waals surface area (Å²) in [6.45, 7) is -0.0129. The third kappa shape index (κ3) is 3.94. The highest BCUT2D eigenvalue weighted by Crippen LogP contribution is 2.29. The molecule has 0 radical (unpaired) electrons. The fraction of sp³-hybridized carbons (Fsp3) is 0.667. The number of carboxylic acid groups (broad SMARTS) is 1. The maximum Gasteiger partial charge on any atom is 0.323 e. The quantitative estimate of drug-likeness (QED) is 0.577. The summed E-state index contributed by atoms with van der Waals surface area (Å²) in [6, 6.07) is -1.36. The Morgan fingerprint density at radius 2 is 2.00 bits per heavy atom. The maximum absolute atomic E-state index is 12.0. The molecule has 0 aromatic heterocycles. The van der Waals surface area contributed by atoms with E-state index in [0.29, 0.717) is 12.5 Å². The standard InChI is InChI=1S/C12H17N3O5/c16-9-4-3-8(11(19)14-9)13-12(20)15(6-10(17)18)5-7-1-2-7/h7-8H,1-6H2,(H,13,20)(H,17,18)(H,14,16,19). The normalized spacial score (nSPS) is 22.1. The number of piperidine rings is 1. The Morgan fingerprint density at radius 3 is 2.55 bits per heavy atom. The molecule has 8 nitrogen and oxygen atoms in total. The first-order chi connectivity index (χ1) is 9.45. The van der Waals surface area contributed by atoms with Crippen molar-refractivity contribution in [3.63, 3.8) is 0 Å². The Labute approximate surface area is 115 Å². The van der Waals surface area contributed by atoms with Crippen LogP contribution in [0.3, 0.4) is 0 Å². The van der Waals surface area contributed by atoms with Crippen LogP contribution in [0, 0.1) is 5.92 Å². The second-order valence-corrected chi connectivity index (χ2v) is 5.17. The number of amides is 4. The Morgan fingerprint density at radius 1 is 1.30 bits per heavy atom. The number of carbonyl (C=O) groups is 4. The van der Waals surface area contributed by atoms with Gasteiger partial charge in [0, 0.05) is 13.0 Å². The van der Waals surface area contributed by atoms with E-state index in [1.807, 2.05) is 0 Å². The van der Waals surface area contributed by atoms with Crippen molar-refractivity contribution in [2.45, 2.75) is 31.7 Å². The van der Waals surface area contributed by atoms with Crippen LogP contribution in [0.4, 0.5) is 4.79 Å². The predicted octanol–water partition coefficient (Wildman–Crippen LogP) is -0.702. The lowest BCUT2D eigenvalue weighted by Gasteiger charge is -2.26. The lowest BCUT2D eigenvalue weighted by molar-refractivity contribution is -0.137. The van der Waals surface area contributed by atoms with Gasteiger partial charge in [-0.25, -0.2) is 4.79 Å². The molecule has 8 heteroatoms. The van der Waals surface area contributed by atoms with Crippen molar-refractivity contribution >= 4 is 23.8 Å². The summed E-state index contributed by atoms with van der Waals surface area (Å²) < 4.78 is 0. The van der Waals surface area contributed by atoms with Crippen molar-refractivity contribution in [1.29, 1.82) is 0 Å². The number of nitrogens with one attached hydrogen (secondary N) is 2.